The monoisotopic (exact) mass is 196 g/mol. The first-order chi connectivity index (χ1) is 6.09. The molecule has 2 nitrogen and oxygen atoms in total. The molecular formula is C10H12O2S. The van der Waals surface area contributed by atoms with Crippen molar-refractivity contribution in [3.8, 4) is 5.75 Å². The molecule has 0 aliphatic rings. The molecule has 0 aliphatic carbocycles. The van der Waals surface area contributed by atoms with Crippen LogP contribution in [-0.2, 0) is 4.79 Å². The first-order valence-electron chi connectivity index (χ1n) is 4.06. The van der Waals surface area contributed by atoms with E-state index in [0.717, 1.165) is 5.56 Å². The molecule has 0 spiro atoms. The molecule has 70 valence electrons. The molecule has 13 heavy (non-hydrogen) atoms. The Hall–Kier alpha value is -0.960. The van der Waals surface area contributed by atoms with Crippen molar-refractivity contribution in [1.82, 2.24) is 0 Å². The molecule has 1 unspecified atom stereocenters. The van der Waals surface area contributed by atoms with Crippen LogP contribution in [0.2, 0.25) is 0 Å². The lowest BCUT2D eigenvalue weighted by Crippen LogP contribution is -2.01. The lowest BCUT2D eigenvalue weighted by Gasteiger charge is -2.05. The highest BCUT2D eigenvalue weighted by Crippen LogP contribution is 2.21. The SMILES string of the molecule is CC(=O)Oc1ccc(C(C)S)cc1. The van der Waals surface area contributed by atoms with Crippen LogP contribution in [0.4, 0.5) is 0 Å². The molecule has 0 aromatic heterocycles. The second kappa shape index (κ2) is 4.33. The highest BCUT2D eigenvalue weighted by molar-refractivity contribution is 7.80. The lowest BCUT2D eigenvalue weighted by atomic mass is 10.1. The molecule has 0 amide bonds. The Labute approximate surface area is 83.3 Å². The van der Waals surface area contributed by atoms with E-state index in [1.54, 1.807) is 12.1 Å². The summed E-state index contributed by atoms with van der Waals surface area (Å²) in [4.78, 5) is 10.6. The zero-order chi connectivity index (χ0) is 9.84. The van der Waals surface area contributed by atoms with Gasteiger partial charge in [0.1, 0.15) is 5.75 Å². The molecule has 0 saturated heterocycles. The molecule has 3 heteroatoms. The van der Waals surface area contributed by atoms with E-state index < -0.39 is 0 Å². The Kier molecular flexibility index (Phi) is 3.37. The normalized spacial score (nSPS) is 12.2. The molecule has 0 bridgehead atoms. The Balaban J connectivity index is 2.75. The van der Waals surface area contributed by atoms with Gasteiger partial charge in [0.05, 0.1) is 0 Å². The third-order valence-electron chi connectivity index (χ3n) is 1.62. The van der Waals surface area contributed by atoms with Crippen molar-refractivity contribution in [2.24, 2.45) is 0 Å². The van der Waals surface area contributed by atoms with E-state index in [-0.39, 0.29) is 11.2 Å². The molecule has 1 aromatic rings. The summed E-state index contributed by atoms with van der Waals surface area (Å²) in [7, 11) is 0. The number of carbonyl (C=O) groups is 1. The summed E-state index contributed by atoms with van der Waals surface area (Å²) in [6.07, 6.45) is 0. The first-order valence-corrected chi connectivity index (χ1v) is 4.57. The van der Waals surface area contributed by atoms with E-state index in [4.69, 9.17) is 4.74 Å². The van der Waals surface area contributed by atoms with Crippen LogP contribution < -0.4 is 4.74 Å². The van der Waals surface area contributed by atoms with Gasteiger partial charge in [-0.1, -0.05) is 12.1 Å². The zero-order valence-corrected chi connectivity index (χ0v) is 8.54. The number of hydrogen-bond donors (Lipinski definition) is 1. The van der Waals surface area contributed by atoms with E-state index in [1.165, 1.54) is 6.92 Å². The van der Waals surface area contributed by atoms with Gasteiger partial charge in [0.25, 0.3) is 0 Å². The van der Waals surface area contributed by atoms with Gasteiger partial charge in [-0.2, -0.15) is 12.6 Å². The Bertz CT molecular complexity index is 290. The second-order valence-electron chi connectivity index (χ2n) is 2.84. The highest BCUT2D eigenvalue weighted by atomic mass is 32.1. The van der Waals surface area contributed by atoms with Gasteiger partial charge in [0, 0.05) is 12.2 Å². The minimum Gasteiger partial charge on any atom is -0.427 e. The van der Waals surface area contributed by atoms with Crippen LogP contribution in [0.25, 0.3) is 0 Å². The third kappa shape index (κ3) is 3.11. The van der Waals surface area contributed by atoms with Crippen LogP contribution in [0.15, 0.2) is 24.3 Å². The summed E-state index contributed by atoms with van der Waals surface area (Å²) >= 11 is 4.28. The van der Waals surface area contributed by atoms with Gasteiger partial charge in [-0.15, -0.1) is 0 Å². The number of ether oxygens (including phenoxy) is 1. The Morgan fingerprint density at radius 2 is 1.92 bits per heavy atom. The minimum absolute atomic E-state index is 0.200. The van der Waals surface area contributed by atoms with Crippen LogP contribution in [0.5, 0.6) is 5.75 Å². The van der Waals surface area contributed by atoms with Gasteiger partial charge >= 0.3 is 5.97 Å². The maximum Gasteiger partial charge on any atom is 0.308 e. The third-order valence-corrected chi connectivity index (χ3v) is 1.92. The highest BCUT2D eigenvalue weighted by Gasteiger charge is 2.01. The molecule has 0 N–H and O–H groups in total. The molecule has 1 aromatic carbocycles. The number of rotatable bonds is 2. The van der Waals surface area contributed by atoms with Gasteiger partial charge in [0.2, 0.25) is 0 Å². The van der Waals surface area contributed by atoms with E-state index in [1.807, 2.05) is 19.1 Å². The molecular weight excluding hydrogens is 184 g/mol. The predicted molar refractivity (Wildman–Crippen MR) is 55.2 cm³/mol. The van der Waals surface area contributed by atoms with Crippen molar-refractivity contribution < 1.29 is 9.53 Å². The zero-order valence-electron chi connectivity index (χ0n) is 7.65. The predicted octanol–water partition coefficient (Wildman–Crippen LogP) is 2.60. The van der Waals surface area contributed by atoms with Gasteiger partial charge in [-0.05, 0) is 24.6 Å². The summed E-state index contributed by atoms with van der Waals surface area (Å²) < 4.78 is 4.89. The quantitative estimate of drug-likeness (QED) is 0.447. The number of hydrogen-bond acceptors (Lipinski definition) is 3. The molecule has 1 rings (SSSR count). The van der Waals surface area contributed by atoms with Gasteiger partial charge in [-0.25, -0.2) is 0 Å². The second-order valence-corrected chi connectivity index (χ2v) is 3.61. The van der Waals surface area contributed by atoms with Crippen molar-refractivity contribution in [3.63, 3.8) is 0 Å². The number of benzene rings is 1. The molecule has 1 atom stereocenters. The Morgan fingerprint density at radius 3 is 2.31 bits per heavy atom. The van der Waals surface area contributed by atoms with Crippen molar-refractivity contribution in [1.29, 1.82) is 0 Å². The summed E-state index contributed by atoms with van der Waals surface area (Å²) in [5, 5.41) is 0.200. The molecule has 0 aliphatic heterocycles. The fraction of sp³-hybridized carbons (Fsp3) is 0.300. The standard InChI is InChI=1S/C10H12O2S/c1-7(13)9-3-5-10(6-4-9)12-8(2)11/h3-7,13H,1-2H3. The smallest absolute Gasteiger partial charge is 0.308 e. The van der Waals surface area contributed by atoms with Crippen LogP contribution in [0.1, 0.15) is 24.7 Å². The fourth-order valence-corrected chi connectivity index (χ4v) is 1.15. The fourth-order valence-electron chi connectivity index (χ4n) is 0.980. The maximum absolute atomic E-state index is 10.6. The molecule has 0 fully saturated rings. The number of esters is 1. The van der Waals surface area contributed by atoms with E-state index >= 15 is 0 Å². The van der Waals surface area contributed by atoms with Crippen LogP contribution >= 0.6 is 12.6 Å². The van der Waals surface area contributed by atoms with Crippen molar-refractivity contribution in [3.05, 3.63) is 29.8 Å². The topological polar surface area (TPSA) is 26.3 Å². The van der Waals surface area contributed by atoms with E-state index in [0.29, 0.717) is 5.75 Å². The number of carbonyl (C=O) groups excluding carboxylic acids is 1. The molecule has 0 heterocycles. The van der Waals surface area contributed by atoms with Gasteiger partial charge < -0.3 is 4.74 Å². The summed E-state index contributed by atoms with van der Waals surface area (Å²) in [5.41, 5.74) is 1.11. The lowest BCUT2D eigenvalue weighted by molar-refractivity contribution is -0.131. The van der Waals surface area contributed by atoms with Gasteiger partial charge in [0.15, 0.2) is 0 Å². The minimum atomic E-state index is -0.299. The summed E-state index contributed by atoms with van der Waals surface area (Å²) in [6.45, 7) is 3.37. The van der Waals surface area contributed by atoms with Gasteiger partial charge in [-0.3, -0.25) is 4.79 Å². The largest absolute Gasteiger partial charge is 0.427 e. The van der Waals surface area contributed by atoms with Crippen LogP contribution in [0.3, 0.4) is 0 Å². The average molecular weight is 196 g/mol. The molecule has 0 saturated carbocycles. The van der Waals surface area contributed by atoms with E-state index in [2.05, 4.69) is 12.6 Å². The van der Waals surface area contributed by atoms with Crippen molar-refractivity contribution >= 4 is 18.6 Å². The van der Waals surface area contributed by atoms with E-state index in [9.17, 15) is 4.79 Å². The Morgan fingerprint density at radius 1 is 1.38 bits per heavy atom. The first kappa shape index (κ1) is 10.1. The summed E-state index contributed by atoms with van der Waals surface area (Å²) in [6, 6.07) is 7.33. The molecule has 0 radical (unpaired) electrons. The summed E-state index contributed by atoms with van der Waals surface area (Å²) in [5.74, 6) is 0.275. The number of thiol groups is 1. The van der Waals surface area contributed by atoms with Crippen LogP contribution in [0, 0.1) is 0 Å². The van der Waals surface area contributed by atoms with Crippen molar-refractivity contribution in [2.75, 3.05) is 0 Å². The van der Waals surface area contributed by atoms with Crippen LogP contribution in [-0.4, -0.2) is 5.97 Å². The average Bonchev–Trinajstić information content (AvgIpc) is 2.04. The maximum atomic E-state index is 10.6. The van der Waals surface area contributed by atoms with Crippen molar-refractivity contribution in [2.45, 2.75) is 19.1 Å².